The van der Waals surface area contributed by atoms with Gasteiger partial charge in [0.05, 0.1) is 5.69 Å². The fourth-order valence-corrected chi connectivity index (χ4v) is 3.21. The van der Waals surface area contributed by atoms with Gasteiger partial charge in [-0.05, 0) is 25.0 Å². The topological polar surface area (TPSA) is 105 Å². The molecule has 1 saturated heterocycles. The van der Waals surface area contributed by atoms with E-state index in [4.69, 9.17) is 0 Å². The maximum Gasteiger partial charge on any atom is 0.439 e. The van der Waals surface area contributed by atoms with E-state index >= 15 is 0 Å². The van der Waals surface area contributed by atoms with E-state index in [0.717, 1.165) is 18.5 Å². The average molecular weight is 351 g/mol. The van der Waals surface area contributed by atoms with Crippen LogP contribution in [0, 0.1) is 0 Å². The number of carbonyl (C=O) groups is 1. The third-order valence-electron chi connectivity index (χ3n) is 4.63. The van der Waals surface area contributed by atoms with Crippen molar-refractivity contribution in [3.8, 4) is 11.4 Å². The third-order valence-corrected chi connectivity index (χ3v) is 4.63. The highest BCUT2D eigenvalue weighted by Crippen LogP contribution is 2.27. The normalized spacial score (nSPS) is 15.2. The lowest BCUT2D eigenvalue weighted by Gasteiger charge is -2.31. The number of aromatic nitrogens is 4. The van der Waals surface area contributed by atoms with E-state index in [1.165, 1.54) is 0 Å². The Morgan fingerprint density at radius 2 is 1.92 bits per heavy atom. The summed E-state index contributed by atoms with van der Waals surface area (Å²) < 4.78 is 4.49. The molecule has 2 aromatic heterocycles. The van der Waals surface area contributed by atoms with E-state index in [-0.39, 0.29) is 5.91 Å². The summed E-state index contributed by atoms with van der Waals surface area (Å²) >= 11 is 0. The van der Waals surface area contributed by atoms with Gasteiger partial charge in [-0.15, -0.1) is 0 Å². The van der Waals surface area contributed by atoms with Crippen LogP contribution in [-0.2, 0) is 0 Å². The molecule has 8 nitrogen and oxygen atoms in total. The predicted octanol–water partition coefficient (Wildman–Crippen LogP) is 1.84. The van der Waals surface area contributed by atoms with E-state index < -0.39 is 5.76 Å². The van der Waals surface area contributed by atoms with Crippen LogP contribution in [0.25, 0.3) is 11.4 Å². The van der Waals surface area contributed by atoms with Crippen molar-refractivity contribution in [1.29, 1.82) is 0 Å². The van der Waals surface area contributed by atoms with E-state index in [9.17, 15) is 9.59 Å². The van der Waals surface area contributed by atoms with Crippen molar-refractivity contribution in [2.75, 3.05) is 13.1 Å². The number of aromatic amines is 1. The van der Waals surface area contributed by atoms with E-state index in [1.807, 2.05) is 4.90 Å². The van der Waals surface area contributed by atoms with Gasteiger partial charge in [0.25, 0.3) is 5.91 Å². The van der Waals surface area contributed by atoms with Crippen molar-refractivity contribution >= 4 is 5.91 Å². The molecule has 1 aliphatic heterocycles. The van der Waals surface area contributed by atoms with Crippen LogP contribution >= 0.6 is 0 Å². The number of likely N-dealkylation sites (tertiary alicyclic amines) is 1. The number of H-pyrrole nitrogens is 1. The van der Waals surface area contributed by atoms with Crippen LogP contribution in [0.2, 0.25) is 0 Å². The number of piperidine rings is 1. The minimum atomic E-state index is -0.605. The lowest BCUT2D eigenvalue weighted by atomic mass is 9.93. The van der Waals surface area contributed by atoms with Crippen LogP contribution in [0.1, 0.15) is 34.8 Å². The van der Waals surface area contributed by atoms with Gasteiger partial charge in [0.2, 0.25) is 0 Å². The summed E-state index contributed by atoms with van der Waals surface area (Å²) in [6.07, 6.45) is 6.93. The molecule has 1 fully saturated rings. The zero-order valence-corrected chi connectivity index (χ0v) is 14.0. The Labute approximate surface area is 148 Å². The van der Waals surface area contributed by atoms with Crippen molar-refractivity contribution in [2.45, 2.75) is 18.8 Å². The lowest BCUT2D eigenvalue weighted by molar-refractivity contribution is 0.0712. The van der Waals surface area contributed by atoms with Crippen LogP contribution in [0.3, 0.4) is 0 Å². The third kappa shape index (κ3) is 3.26. The second-order valence-electron chi connectivity index (χ2n) is 6.22. The number of nitrogens with zero attached hydrogens (tertiary/aromatic N) is 4. The molecule has 0 spiro atoms. The standard InChI is InChI=1S/C18H17N5O3/c24-17(14-3-1-13(2-4-14)16-21-18(25)26-22-16)23-9-5-12(6-10-23)15-11-19-7-8-20-15/h1-4,7-8,11-12H,5-6,9-10H2,(H,21,22,25). The van der Waals surface area contributed by atoms with Crippen molar-refractivity contribution < 1.29 is 9.32 Å². The van der Waals surface area contributed by atoms with Crippen LogP contribution in [0.15, 0.2) is 52.2 Å². The fraction of sp³-hybridized carbons (Fsp3) is 0.278. The molecule has 1 aliphatic rings. The van der Waals surface area contributed by atoms with Crippen molar-refractivity contribution in [2.24, 2.45) is 0 Å². The Morgan fingerprint density at radius 1 is 1.15 bits per heavy atom. The summed E-state index contributed by atoms with van der Waals surface area (Å²) in [7, 11) is 0. The molecule has 3 heterocycles. The highest BCUT2D eigenvalue weighted by molar-refractivity contribution is 5.94. The smallest absolute Gasteiger partial charge is 0.339 e. The van der Waals surface area contributed by atoms with Gasteiger partial charge in [-0.1, -0.05) is 17.3 Å². The molecule has 1 N–H and O–H groups in total. The summed E-state index contributed by atoms with van der Waals surface area (Å²) in [4.78, 5) is 36.6. The number of carbonyl (C=O) groups excluding carboxylic acids is 1. The first kappa shape index (κ1) is 16.2. The van der Waals surface area contributed by atoms with Crippen molar-refractivity contribution in [3.63, 3.8) is 0 Å². The van der Waals surface area contributed by atoms with Gasteiger partial charge in [0.15, 0.2) is 5.82 Å². The Kier molecular flexibility index (Phi) is 4.30. The van der Waals surface area contributed by atoms with Gasteiger partial charge in [-0.2, -0.15) is 0 Å². The number of rotatable bonds is 3. The van der Waals surface area contributed by atoms with Gasteiger partial charge < -0.3 is 4.90 Å². The molecule has 4 rings (SSSR count). The zero-order valence-electron chi connectivity index (χ0n) is 14.0. The quantitative estimate of drug-likeness (QED) is 0.772. The van der Waals surface area contributed by atoms with Crippen LogP contribution < -0.4 is 5.76 Å². The number of benzene rings is 1. The predicted molar refractivity (Wildman–Crippen MR) is 92.5 cm³/mol. The molecule has 0 radical (unpaired) electrons. The maximum absolute atomic E-state index is 12.7. The number of hydrogen-bond acceptors (Lipinski definition) is 6. The minimum Gasteiger partial charge on any atom is -0.339 e. The molecule has 1 aromatic carbocycles. The van der Waals surface area contributed by atoms with Crippen LogP contribution in [0.5, 0.6) is 0 Å². The van der Waals surface area contributed by atoms with E-state index in [0.29, 0.717) is 36.0 Å². The van der Waals surface area contributed by atoms with Gasteiger partial charge in [0, 0.05) is 48.7 Å². The van der Waals surface area contributed by atoms with Crippen LogP contribution in [-0.4, -0.2) is 44.0 Å². The lowest BCUT2D eigenvalue weighted by Crippen LogP contribution is -2.38. The molecule has 0 bridgehead atoms. The monoisotopic (exact) mass is 351 g/mol. The molecule has 3 aromatic rings. The Morgan fingerprint density at radius 3 is 2.54 bits per heavy atom. The molecular formula is C18H17N5O3. The molecule has 0 unspecified atom stereocenters. The summed E-state index contributed by atoms with van der Waals surface area (Å²) in [6.45, 7) is 1.39. The van der Waals surface area contributed by atoms with Gasteiger partial charge in [-0.3, -0.25) is 24.3 Å². The number of nitrogens with one attached hydrogen (secondary N) is 1. The molecular weight excluding hydrogens is 334 g/mol. The van der Waals surface area contributed by atoms with Gasteiger partial charge in [-0.25, -0.2) is 4.79 Å². The highest BCUT2D eigenvalue weighted by Gasteiger charge is 2.25. The number of hydrogen-bond donors (Lipinski definition) is 1. The first-order valence-corrected chi connectivity index (χ1v) is 8.42. The van der Waals surface area contributed by atoms with E-state index in [2.05, 4.69) is 24.6 Å². The highest BCUT2D eigenvalue weighted by atomic mass is 16.5. The van der Waals surface area contributed by atoms with Crippen molar-refractivity contribution in [1.82, 2.24) is 25.0 Å². The second kappa shape index (κ2) is 6.91. The summed E-state index contributed by atoms with van der Waals surface area (Å²) in [5, 5.41) is 3.64. The molecule has 132 valence electrons. The average Bonchev–Trinajstić information content (AvgIpc) is 3.15. The zero-order chi connectivity index (χ0) is 17.9. The summed E-state index contributed by atoms with van der Waals surface area (Å²) in [6, 6.07) is 6.96. The fourth-order valence-electron chi connectivity index (χ4n) is 3.21. The Hall–Kier alpha value is -3.29. The van der Waals surface area contributed by atoms with Crippen molar-refractivity contribution in [3.05, 3.63) is 64.7 Å². The molecule has 0 aliphatic carbocycles. The van der Waals surface area contributed by atoms with Crippen LogP contribution in [0.4, 0.5) is 0 Å². The minimum absolute atomic E-state index is 0.00259. The first-order valence-electron chi connectivity index (χ1n) is 8.42. The largest absolute Gasteiger partial charge is 0.439 e. The van der Waals surface area contributed by atoms with E-state index in [1.54, 1.807) is 42.9 Å². The molecule has 26 heavy (non-hydrogen) atoms. The molecule has 0 atom stereocenters. The summed E-state index contributed by atoms with van der Waals surface area (Å²) in [5.41, 5.74) is 2.29. The molecule has 0 saturated carbocycles. The summed E-state index contributed by atoms with van der Waals surface area (Å²) in [5.74, 6) is 0.0896. The van der Waals surface area contributed by atoms with Gasteiger partial charge >= 0.3 is 5.76 Å². The molecule has 8 heteroatoms. The molecule has 1 amide bonds. The van der Waals surface area contributed by atoms with Gasteiger partial charge in [0.1, 0.15) is 0 Å². The second-order valence-corrected chi connectivity index (χ2v) is 6.22. The maximum atomic E-state index is 12.7. The Bertz CT molecular complexity index is 941. The number of amides is 1. The first-order chi connectivity index (χ1) is 12.7. The Balaban J connectivity index is 1.41. The SMILES string of the molecule is O=C(c1ccc(-c2noc(=O)[nH]2)cc1)N1CCC(c2cnccn2)CC1.